The fourth-order valence-electron chi connectivity index (χ4n) is 3.11. The molecule has 1 aromatic rings. The van der Waals surface area contributed by atoms with E-state index in [0.29, 0.717) is 5.69 Å². The molecule has 2 N–H and O–H groups in total. The number of hydrogen-bond acceptors (Lipinski definition) is 2. The molecule has 2 aliphatic heterocycles. The van der Waals surface area contributed by atoms with E-state index >= 15 is 0 Å². The lowest BCUT2D eigenvalue weighted by atomic mass is 9.99. The predicted octanol–water partition coefficient (Wildman–Crippen LogP) is 1.91. The zero-order chi connectivity index (χ0) is 12.0. The van der Waals surface area contributed by atoms with Crippen molar-refractivity contribution in [3.8, 4) is 0 Å². The first-order valence-electron chi connectivity index (χ1n) is 6.00. The molecule has 2 aliphatic rings. The molecule has 2 bridgehead atoms. The maximum atomic E-state index is 12.4. The van der Waals surface area contributed by atoms with Crippen molar-refractivity contribution in [3.05, 3.63) is 22.4 Å². The van der Waals surface area contributed by atoms with Crippen LogP contribution in [0.4, 0.5) is 0 Å². The average molecular weight is 299 g/mol. The van der Waals surface area contributed by atoms with Gasteiger partial charge in [-0.25, -0.2) is 0 Å². The minimum Gasteiger partial charge on any atom is -0.393 e. The summed E-state index contributed by atoms with van der Waals surface area (Å²) in [7, 11) is 0. The van der Waals surface area contributed by atoms with Gasteiger partial charge in [-0.3, -0.25) is 4.79 Å². The zero-order valence-electron chi connectivity index (χ0n) is 9.40. The average Bonchev–Trinajstić information content (AvgIpc) is 2.81. The van der Waals surface area contributed by atoms with Crippen LogP contribution in [0, 0.1) is 0 Å². The largest absolute Gasteiger partial charge is 0.393 e. The molecule has 2 fully saturated rings. The smallest absolute Gasteiger partial charge is 0.270 e. The second-order valence-corrected chi connectivity index (χ2v) is 5.87. The Labute approximate surface area is 108 Å². The van der Waals surface area contributed by atoms with Crippen molar-refractivity contribution in [1.82, 2.24) is 9.88 Å². The third-order valence-electron chi connectivity index (χ3n) is 3.82. The van der Waals surface area contributed by atoms with Crippen LogP contribution in [0.5, 0.6) is 0 Å². The van der Waals surface area contributed by atoms with Gasteiger partial charge in [-0.05, 0) is 47.7 Å². The summed E-state index contributed by atoms with van der Waals surface area (Å²) in [6, 6.07) is 2.25. The normalized spacial score (nSPS) is 31.9. The summed E-state index contributed by atoms with van der Waals surface area (Å²) in [5.41, 5.74) is 0.630. The first kappa shape index (κ1) is 11.3. The molecular formula is C12H15BrN2O2. The van der Waals surface area contributed by atoms with E-state index in [2.05, 4.69) is 20.9 Å². The van der Waals surface area contributed by atoms with Gasteiger partial charge in [0.05, 0.1) is 6.10 Å². The summed E-state index contributed by atoms with van der Waals surface area (Å²) in [4.78, 5) is 17.3. The van der Waals surface area contributed by atoms with Crippen molar-refractivity contribution in [1.29, 1.82) is 0 Å². The Morgan fingerprint density at radius 2 is 2.06 bits per heavy atom. The van der Waals surface area contributed by atoms with Crippen molar-refractivity contribution in [3.63, 3.8) is 0 Å². The van der Waals surface area contributed by atoms with Crippen molar-refractivity contribution in [2.45, 2.75) is 43.9 Å². The molecule has 2 atom stereocenters. The Morgan fingerprint density at radius 3 is 2.59 bits per heavy atom. The first-order chi connectivity index (χ1) is 8.15. The molecule has 1 aromatic heterocycles. The highest BCUT2D eigenvalue weighted by molar-refractivity contribution is 9.10. The molecule has 4 nitrogen and oxygen atoms in total. The second kappa shape index (κ2) is 4.14. The van der Waals surface area contributed by atoms with Crippen LogP contribution in [0.15, 0.2) is 16.7 Å². The fraction of sp³-hybridized carbons (Fsp3) is 0.583. The molecule has 2 saturated heterocycles. The number of carbonyl (C=O) groups is 1. The van der Waals surface area contributed by atoms with Crippen LogP contribution in [0.1, 0.15) is 36.2 Å². The maximum Gasteiger partial charge on any atom is 0.270 e. The van der Waals surface area contributed by atoms with Crippen molar-refractivity contribution in [2.24, 2.45) is 0 Å². The van der Waals surface area contributed by atoms with Gasteiger partial charge < -0.3 is 15.0 Å². The van der Waals surface area contributed by atoms with Crippen LogP contribution in [-0.4, -0.2) is 39.1 Å². The van der Waals surface area contributed by atoms with Crippen LogP contribution in [0.25, 0.3) is 0 Å². The molecule has 0 radical (unpaired) electrons. The lowest BCUT2D eigenvalue weighted by Gasteiger charge is -2.36. The molecule has 17 heavy (non-hydrogen) atoms. The van der Waals surface area contributed by atoms with Crippen LogP contribution in [0.2, 0.25) is 0 Å². The SMILES string of the molecule is O=C(c1cc(Br)c[nH]1)N1C2CCC1CC(O)C2. The summed E-state index contributed by atoms with van der Waals surface area (Å²) in [5.74, 6) is 0.0649. The molecule has 0 spiro atoms. The van der Waals surface area contributed by atoms with Gasteiger partial charge in [-0.15, -0.1) is 0 Å². The first-order valence-corrected chi connectivity index (χ1v) is 6.79. The standard InChI is InChI=1S/C12H15BrN2O2/c13-7-3-11(14-6-7)12(17)15-8-1-2-9(15)5-10(16)4-8/h3,6,8-10,14,16H,1-2,4-5H2. The van der Waals surface area contributed by atoms with Gasteiger partial charge in [0.15, 0.2) is 0 Å². The van der Waals surface area contributed by atoms with E-state index in [1.807, 2.05) is 11.0 Å². The number of nitrogens with one attached hydrogen (secondary N) is 1. The minimum atomic E-state index is -0.230. The lowest BCUT2D eigenvalue weighted by molar-refractivity contribution is 0.0283. The Balaban J connectivity index is 1.83. The number of rotatable bonds is 1. The molecular weight excluding hydrogens is 284 g/mol. The summed E-state index contributed by atoms with van der Waals surface area (Å²) in [6.07, 6.45) is 5.04. The fourth-order valence-corrected chi connectivity index (χ4v) is 3.45. The number of halogens is 1. The van der Waals surface area contributed by atoms with Crippen LogP contribution >= 0.6 is 15.9 Å². The van der Waals surface area contributed by atoms with E-state index < -0.39 is 0 Å². The molecule has 92 valence electrons. The third kappa shape index (κ3) is 1.91. The summed E-state index contributed by atoms with van der Waals surface area (Å²) >= 11 is 3.34. The van der Waals surface area contributed by atoms with Crippen molar-refractivity contribution in [2.75, 3.05) is 0 Å². The number of aromatic amines is 1. The Morgan fingerprint density at radius 1 is 1.41 bits per heavy atom. The third-order valence-corrected chi connectivity index (χ3v) is 4.28. The number of amides is 1. The van der Waals surface area contributed by atoms with Crippen LogP contribution in [-0.2, 0) is 0 Å². The van der Waals surface area contributed by atoms with Gasteiger partial charge in [0.1, 0.15) is 5.69 Å². The second-order valence-electron chi connectivity index (χ2n) is 4.95. The molecule has 0 aliphatic carbocycles. The van der Waals surface area contributed by atoms with E-state index in [1.165, 1.54) is 0 Å². The number of aliphatic hydroxyl groups is 1. The number of H-pyrrole nitrogens is 1. The van der Waals surface area contributed by atoms with E-state index in [9.17, 15) is 9.90 Å². The number of nitrogens with zero attached hydrogens (tertiary/aromatic N) is 1. The summed E-state index contributed by atoms with van der Waals surface area (Å²) < 4.78 is 0.894. The van der Waals surface area contributed by atoms with E-state index in [1.54, 1.807) is 6.20 Å². The molecule has 2 unspecified atom stereocenters. The van der Waals surface area contributed by atoms with Gasteiger partial charge in [0, 0.05) is 22.8 Å². The summed E-state index contributed by atoms with van der Waals surface area (Å²) in [6.45, 7) is 0. The number of hydrogen-bond donors (Lipinski definition) is 2. The summed E-state index contributed by atoms with van der Waals surface area (Å²) in [5, 5.41) is 9.71. The van der Waals surface area contributed by atoms with E-state index in [4.69, 9.17) is 0 Å². The Hall–Kier alpha value is -0.810. The quantitative estimate of drug-likeness (QED) is 0.832. The number of carbonyl (C=O) groups excluding carboxylic acids is 1. The molecule has 3 rings (SSSR count). The monoisotopic (exact) mass is 298 g/mol. The molecule has 5 heteroatoms. The highest BCUT2D eigenvalue weighted by atomic mass is 79.9. The van der Waals surface area contributed by atoms with Gasteiger partial charge in [-0.2, -0.15) is 0 Å². The van der Waals surface area contributed by atoms with Gasteiger partial charge >= 0.3 is 0 Å². The topological polar surface area (TPSA) is 56.3 Å². The van der Waals surface area contributed by atoms with Crippen LogP contribution in [0.3, 0.4) is 0 Å². The minimum absolute atomic E-state index is 0.0649. The van der Waals surface area contributed by atoms with Gasteiger partial charge in [0.2, 0.25) is 0 Å². The molecule has 1 amide bonds. The number of fused-ring (bicyclic) bond motifs is 2. The Kier molecular flexibility index (Phi) is 2.75. The highest BCUT2D eigenvalue weighted by Gasteiger charge is 2.43. The van der Waals surface area contributed by atoms with Gasteiger partial charge in [-0.1, -0.05) is 0 Å². The van der Waals surface area contributed by atoms with Crippen molar-refractivity contribution >= 4 is 21.8 Å². The number of aliphatic hydroxyl groups excluding tert-OH is 1. The molecule has 3 heterocycles. The molecule has 0 aromatic carbocycles. The maximum absolute atomic E-state index is 12.4. The van der Waals surface area contributed by atoms with E-state index in [-0.39, 0.29) is 24.1 Å². The lowest BCUT2D eigenvalue weighted by Crippen LogP contribution is -2.48. The van der Waals surface area contributed by atoms with Crippen LogP contribution < -0.4 is 0 Å². The number of piperidine rings is 1. The Bertz CT molecular complexity index is 431. The zero-order valence-corrected chi connectivity index (χ0v) is 11.0. The predicted molar refractivity (Wildman–Crippen MR) is 66.7 cm³/mol. The number of aromatic nitrogens is 1. The van der Waals surface area contributed by atoms with Gasteiger partial charge in [0.25, 0.3) is 5.91 Å². The highest BCUT2D eigenvalue weighted by Crippen LogP contribution is 2.36. The van der Waals surface area contributed by atoms with E-state index in [0.717, 1.165) is 30.2 Å². The van der Waals surface area contributed by atoms with Crippen molar-refractivity contribution < 1.29 is 9.90 Å². The molecule has 0 saturated carbocycles.